The molecule has 0 spiro atoms. The summed E-state index contributed by atoms with van der Waals surface area (Å²) in [6, 6.07) is 0.202. The van der Waals surface area contributed by atoms with Crippen LogP contribution in [0.25, 0.3) is 0 Å². The van der Waals surface area contributed by atoms with Crippen LogP contribution in [0.5, 0.6) is 0 Å². The number of hydrogen-bond acceptors (Lipinski definition) is 4. The third kappa shape index (κ3) is 6.03. The number of nitrogens with one attached hydrogen (secondary N) is 1. The fourth-order valence-corrected chi connectivity index (χ4v) is 3.50. The van der Waals surface area contributed by atoms with Crippen molar-refractivity contribution in [3.05, 3.63) is 16.1 Å². The quantitative estimate of drug-likeness (QED) is 0.856. The summed E-state index contributed by atoms with van der Waals surface area (Å²) in [6.07, 6.45) is 3.85. The fraction of sp³-hybridized carbons (Fsp3) is 0.733. The van der Waals surface area contributed by atoms with Gasteiger partial charge in [0.2, 0.25) is 5.91 Å². The molecule has 1 fully saturated rings. The largest absolute Gasteiger partial charge is 0.350 e. The lowest BCUT2D eigenvalue weighted by molar-refractivity contribution is -0.122. The summed E-state index contributed by atoms with van der Waals surface area (Å²) in [7, 11) is 0. The minimum Gasteiger partial charge on any atom is -0.350 e. The Morgan fingerprint density at radius 3 is 2.59 bits per heavy atom. The van der Waals surface area contributed by atoms with Gasteiger partial charge in [0, 0.05) is 23.3 Å². The summed E-state index contributed by atoms with van der Waals surface area (Å²) >= 11 is 1.61. The van der Waals surface area contributed by atoms with Crippen molar-refractivity contribution in [2.24, 2.45) is 11.7 Å². The number of hydrogen-bond donors (Lipinski definition) is 2. The van der Waals surface area contributed by atoms with E-state index in [1.54, 1.807) is 11.3 Å². The number of aromatic nitrogens is 1. The van der Waals surface area contributed by atoms with Gasteiger partial charge in [-0.2, -0.15) is 0 Å². The molecule has 0 unspecified atom stereocenters. The second-order valence-electron chi connectivity index (χ2n) is 6.71. The van der Waals surface area contributed by atoms with Gasteiger partial charge in [0.1, 0.15) is 5.01 Å². The van der Waals surface area contributed by atoms with Crippen LogP contribution in [0.15, 0.2) is 5.38 Å². The average Bonchev–Trinajstić information content (AvgIpc) is 2.96. The molecular formula is C15H27Cl2N3OS. The summed E-state index contributed by atoms with van der Waals surface area (Å²) in [5.41, 5.74) is 7.15. The molecule has 1 aliphatic carbocycles. The van der Waals surface area contributed by atoms with Gasteiger partial charge < -0.3 is 11.1 Å². The summed E-state index contributed by atoms with van der Waals surface area (Å²) in [5.74, 6) is 0.455. The van der Waals surface area contributed by atoms with E-state index in [1.807, 2.05) is 0 Å². The number of rotatable bonds is 4. The molecule has 22 heavy (non-hydrogen) atoms. The van der Waals surface area contributed by atoms with Crippen molar-refractivity contribution in [2.45, 2.75) is 64.5 Å². The van der Waals surface area contributed by atoms with E-state index in [4.69, 9.17) is 5.73 Å². The third-order valence-corrected chi connectivity index (χ3v) is 4.77. The molecule has 1 amide bonds. The number of thiazole rings is 1. The molecule has 0 radical (unpaired) electrons. The lowest BCUT2D eigenvalue weighted by Crippen LogP contribution is -2.31. The zero-order valence-corrected chi connectivity index (χ0v) is 15.9. The van der Waals surface area contributed by atoms with E-state index < -0.39 is 0 Å². The van der Waals surface area contributed by atoms with E-state index in [9.17, 15) is 4.79 Å². The van der Waals surface area contributed by atoms with Crippen molar-refractivity contribution in [1.82, 2.24) is 10.3 Å². The van der Waals surface area contributed by atoms with Crippen molar-refractivity contribution < 1.29 is 4.79 Å². The molecule has 0 aliphatic heterocycles. The highest BCUT2D eigenvalue weighted by molar-refractivity contribution is 7.09. The summed E-state index contributed by atoms with van der Waals surface area (Å²) < 4.78 is 0. The number of halogens is 2. The summed E-state index contributed by atoms with van der Waals surface area (Å²) in [6.45, 7) is 6.96. The highest BCUT2D eigenvalue weighted by atomic mass is 35.5. The molecule has 1 aliphatic rings. The van der Waals surface area contributed by atoms with Crippen LogP contribution in [-0.4, -0.2) is 16.9 Å². The fourth-order valence-electron chi connectivity index (χ4n) is 2.54. The van der Waals surface area contributed by atoms with E-state index in [-0.39, 0.29) is 42.2 Å². The van der Waals surface area contributed by atoms with Crippen LogP contribution in [0.4, 0.5) is 0 Å². The molecule has 0 bridgehead atoms. The van der Waals surface area contributed by atoms with Crippen molar-refractivity contribution in [2.75, 3.05) is 0 Å². The molecule has 0 saturated heterocycles. The molecule has 1 aromatic rings. The molecule has 128 valence electrons. The second-order valence-corrected chi connectivity index (χ2v) is 7.65. The standard InChI is InChI=1S/C15H25N3OS.2ClH/c1-15(2,3)12-9-20-14(18-12)8-17-13(19)7-10-5-4-6-11(10)16;;/h9-11H,4-8,16H2,1-3H3,(H,17,19);2*1H/t10-,11+;;/m0../s1. The number of amides is 1. The van der Waals surface area contributed by atoms with E-state index >= 15 is 0 Å². The molecular weight excluding hydrogens is 341 g/mol. The van der Waals surface area contributed by atoms with E-state index in [2.05, 4.69) is 36.5 Å². The van der Waals surface area contributed by atoms with E-state index in [1.165, 1.54) is 0 Å². The van der Waals surface area contributed by atoms with Gasteiger partial charge in [0.05, 0.1) is 12.2 Å². The Balaban J connectivity index is 0.00000220. The third-order valence-electron chi connectivity index (χ3n) is 3.92. The Morgan fingerprint density at radius 1 is 1.41 bits per heavy atom. The van der Waals surface area contributed by atoms with Crippen molar-refractivity contribution in [3.8, 4) is 0 Å². The Kier molecular flexibility index (Phi) is 8.91. The number of nitrogens with two attached hydrogens (primary N) is 1. The Hall–Kier alpha value is -0.360. The molecule has 2 atom stereocenters. The first-order valence-electron chi connectivity index (χ1n) is 7.33. The highest BCUT2D eigenvalue weighted by Crippen LogP contribution is 2.27. The molecule has 1 aromatic heterocycles. The van der Waals surface area contributed by atoms with Gasteiger partial charge in [-0.1, -0.05) is 27.2 Å². The van der Waals surface area contributed by atoms with Crippen LogP contribution in [-0.2, 0) is 16.8 Å². The van der Waals surface area contributed by atoms with E-state index in [0.717, 1.165) is 30.0 Å². The Morgan fingerprint density at radius 2 is 2.09 bits per heavy atom. The molecule has 7 heteroatoms. The molecule has 3 N–H and O–H groups in total. The number of nitrogens with zero attached hydrogens (tertiary/aromatic N) is 1. The average molecular weight is 368 g/mol. The summed E-state index contributed by atoms with van der Waals surface area (Å²) in [4.78, 5) is 16.5. The topological polar surface area (TPSA) is 68.0 Å². The van der Waals surface area contributed by atoms with Crippen molar-refractivity contribution >= 4 is 42.1 Å². The molecule has 1 saturated carbocycles. The van der Waals surface area contributed by atoms with Gasteiger partial charge in [-0.05, 0) is 18.8 Å². The van der Waals surface area contributed by atoms with Crippen LogP contribution >= 0.6 is 36.2 Å². The van der Waals surface area contributed by atoms with Gasteiger partial charge in [-0.15, -0.1) is 36.2 Å². The number of carbonyl (C=O) groups excluding carboxylic acids is 1. The lowest BCUT2D eigenvalue weighted by Gasteiger charge is -2.15. The molecule has 4 nitrogen and oxygen atoms in total. The van der Waals surface area contributed by atoms with Crippen LogP contribution in [0.2, 0.25) is 0 Å². The van der Waals surface area contributed by atoms with Crippen LogP contribution in [0.3, 0.4) is 0 Å². The monoisotopic (exact) mass is 367 g/mol. The Labute approximate surface area is 149 Å². The minimum absolute atomic E-state index is 0. The van der Waals surface area contributed by atoms with Crippen molar-refractivity contribution in [1.29, 1.82) is 0 Å². The normalized spacial score (nSPS) is 20.9. The second kappa shape index (κ2) is 9.06. The molecule has 1 heterocycles. The first-order valence-corrected chi connectivity index (χ1v) is 8.21. The minimum atomic E-state index is 0. The van der Waals surface area contributed by atoms with Crippen LogP contribution in [0, 0.1) is 5.92 Å². The molecule has 2 rings (SSSR count). The maximum atomic E-state index is 11.9. The molecule has 0 aromatic carbocycles. The van der Waals surface area contributed by atoms with Crippen molar-refractivity contribution in [3.63, 3.8) is 0 Å². The van der Waals surface area contributed by atoms with Gasteiger partial charge >= 0.3 is 0 Å². The van der Waals surface area contributed by atoms with Gasteiger partial charge in [-0.3, -0.25) is 4.79 Å². The maximum absolute atomic E-state index is 11.9. The predicted molar refractivity (Wildman–Crippen MR) is 97.1 cm³/mol. The smallest absolute Gasteiger partial charge is 0.220 e. The maximum Gasteiger partial charge on any atom is 0.220 e. The summed E-state index contributed by atoms with van der Waals surface area (Å²) in [5, 5.41) is 6.01. The Bertz CT molecular complexity index is 474. The van der Waals surface area contributed by atoms with Gasteiger partial charge in [-0.25, -0.2) is 4.98 Å². The van der Waals surface area contributed by atoms with Crippen LogP contribution < -0.4 is 11.1 Å². The van der Waals surface area contributed by atoms with Crippen LogP contribution in [0.1, 0.15) is 57.2 Å². The zero-order valence-electron chi connectivity index (χ0n) is 13.4. The number of carbonyl (C=O) groups is 1. The van der Waals surface area contributed by atoms with Gasteiger partial charge in [0.15, 0.2) is 0 Å². The SMILES string of the molecule is CC(C)(C)c1csc(CNC(=O)C[C@@H]2CCC[C@H]2N)n1.Cl.Cl. The lowest BCUT2D eigenvalue weighted by atomic mass is 9.93. The zero-order chi connectivity index (χ0) is 14.8. The highest BCUT2D eigenvalue weighted by Gasteiger charge is 2.26. The first-order chi connectivity index (χ1) is 9.36. The predicted octanol–water partition coefficient (Wildman–Crippen LogP) is 3.42. The van der Waals surface area contributed by atoms with Gasteiger partial charge in [0.25, 0.3) is 0 Å². The first kappa shape index (κ1) is 21.6. The van der Waals surface area contributed by atoms with E-state index in [0.29, 0.717) is 18.9 Å².